The standard InChI is InChI=1S/C25H18F4N2O3.C7H12N2/c1-30-23(33)21-19-12-18(16-4-2-3-14(11-16)13-32)20(9-10-25(27,28)29)31-24(19)34-22(21)15-5-7-17(26)8-6-15;1-7(5-8,9-2)6-3-4-6/h2-8,11-13H,9-10H2,1H3,(H,30,33);6,9H,3-4H2,1-2H3. The fourth-order valence-corrected chi connectivity index (χ4v) is 4.71. The van der Waals surface area contributed by atoms with Crippen LogP contribution in [0.5, 0.6) is 0 Å². The number of halogens is 4. The minimum absolute atomic E-state index is 0.0228. The number of amides is 1. The van der Waals surface area contributed by atoms with Crippen LogP contribution in [0.25, 0.3) is 33.6 Å². The third kappa shape index (κ3) is 7.27. The van der Waals surface area contributed by atoms with E-state index in [4.69, 9.17) is 9.68 Å². The molecular formula is C32H30F4N4O3. The maximum atomic E-state index is 13.4. The molecule has 11 heteroatoms. The van der Waals surface area contributed by atoms with Gasteiger partial charge in [0.05, 0.1) is 22.7 Å². The number of carbonyl (C=O) groups excluding carboxylic acids is 2. The number of rotatable bonds is 8. The zero-order chi connectivity index (χ0) is 31.4. The van der Waals surface area contributed by atoms with Gasteiger partial charge in [-0.25, -0.2) is 9.37 Å². The number of furan rings is 1. The Morgan fingerprint density at radius 1 is 1.12 bits per heavy atom. The Balaban J connectivity index is 0.000000403. The average Bonchev–Trinajstić information content (AvgIpc) is 3.80. The van der Waals surface area contributed by atoms with E-state index in [0.717, 1.165) is 0 Å². The van der Waals surface area contributed by atoms with Gasteiger partial charge < -0.3 is 15.1 Å². The number of hydrogen-bond donors (Lipinski definition) is 2. The van der Waals surface area contributed by atoms with Crippen LogP contribution >= 0.6 is 0 Å². The predicted molar refractivity (Wildman–Crippen MR) is 154 cm³/mol. The molecule has 0 radical (unpaired) electrons. The number of benzene rings is 2. The van der Waals surface area contributed by atoms with Crippen LogP contribution in [0.3, 0.4) is 0 Å². The lowest BCUT2D eigenvalue weighted by Crippen LogP contribution is -2.40. The van der Waals surface area contributed by atoms with Gasteiger partial charge in [0.15, 0.2) is 0 Å². The number of alkyl halides is 3. The summed E-state index contributed by atoms with van der Waals surface area (Å²) in [6, 6.07) is 15.4. The van der Waals surface area contributed by atoms with Gasteiger partial charge in [-0.05, 0) is 81.1 Å². The summed E-state index contributed by atoms with van der Waals surface area (Å²) in [4.78, 5) is 28.4. The van der Waals surface area contributed by atoms with Crippen molar-refractivity contribution in [3.05, 3.63) is 77.2 Å². The molecule has 2 aromatic carbocycles. The number of aryl methyl sites for hydroxylation is 1. The molecule has 1 fully saturated rings. The first-order valence-electron chi connectivity index (χ1n) is 13.6. The van der Waals surface area contributed by atoms with Gasteiger partial charge in [-0.15, -0.1) is 0 Å². The van der Waals surface area contributed by atoms with Gasteiger partial charge in [0.25, 0.3) is 5.91 Å². The number of aldehydes is 1. The molecule has 1 unspecified atom stereocenters. The van der Waals surface area contributed by atoms with Crippen molar-refractivity contribution in [1.29, 1.82) is 5.26 Å². The SMILES string of the molecule is CNC(=O)c1c(-c2ccc(F)cc2)oc2nc(CCC(F)(F)F)c(-c3cccc(C=O)c3)cc12.CNC(C)(C#N)C1CC1. The Kier molecular flexibility index (Phi) is 9.30. The molecule has 1 atom stereocenters. The van der Waals surface area contributed by atoms with E-state index >= 15 is 0 Å². The molecule has 0 spiro atoms. The van der Waals surface area contributed by atoms with Crippen molar-refractivity contribution < 1.29 is 31.6 Å². The monoisotopic (exact) mass is 594 g/mol. The maximum absolute atomic E-state index is 13.4. The van der Waals surface area contributed by atoms with Gasteiger partial charge in [0.1, 0.15) is 23.4 Å². The first-order valence-corrected chi connectivity index (χ1v) is 13.6. The van der Waals surface area contributed by atoms with Gasteiger partial charge in [0.2, 0.25) is 5.71 Å². The first kappa shape index (κ1) is 31.4. The van der Waals surface area contributed by atoms with E-state index in [1.165, 1.54) is 50.2 Å². The van der Waals surface area contributed by atoms with Crippen LogP contribution in [0.4, 0.5) is 17.6 Å². The van der Waals surface area contributed by atoms with Gasteiger partial charge >= 0.3 is 6.18 Å². The fourth-order valence-electron chi connectivity index (χ4n) is 4.71. The van der Waals surface area contributed by atoms with Crippen LogP contribution in [0.2, 0.25) is 0 Å². The smallest absolute Gasteiger partial charge is 0.389 e. The molecule has 4 aromatic rings. The highest BCUT2D eigenvalue weighted by Crippen LogP contribution is 2.39. The summed E-state index contributed by atoms with van der Waals surface area (Å²) >= 11 is 0. The molecule has 2 aromatic heterocycles. The van der Waals surface area contributed by atoms with Crippen LogP contribution in [-0.2, 0) is 6.42 Å². The molecule has 43 heavy (non-hydrogen) atoms. The Hall–Kier alpha value is -4.56. The van der Waals surface area contributed by atoms with E-state index < -0.39 is 30.7 Å². The minimum Gasteiger partial charge on any atom is -0.437 e. The molecule has 0 bridgehead atoms. The molecule has 7 nitrogen and oxygen atoms in total. The van der Waals surface area contributed by atoms with Crippen molar-refractivity contribution in [2.24, 2.45) is 5.92 Å². The number of aromatic nitrogens is 1. The average molecular weight is 595 g/mol. The van der Waals surface area contributed by atoms with Crippen molar-refractivity contribution in [3.63, 3.8) is 0 Å². The summed E-state index contributed by atoms with van der Waals surface area (Å²) in [6.07, 6.45) is -2.89. The third-order valence-corrected chi connectivity index (χ3v) is 7.45. The number of nitrogens with zero attached hydrogens (tertiary/aromatic N) is 2. The summed E-state index contributed by atoms with van der Waals surface area (Å²) in [5.74, 6) is -0.267. The number of nitriles is 1. The van der Waals surface area contributed by atoms with Gasteiger partial charge in [-0.2, -0.15) is 18.4 Å². The zero-order valence-electron chi connectivity index (χ0n) is 23.8. The lowest BCUT2D eigenvalue weighted by molar-refractivity contribution is -0.134. The summed E-state index contributed by atoms with van der Waals surface area (Å²) in [7, 11) is 3.27. The highest BCUT2D eigenvalue weighted by Gasteiger charge is 2.40. The number of nitrogens with one attached hydrogen (secondary N) is 2. The Morgan fingerprint density at radius 2 is 1.81 bits per heavy atom. The lowest BCUT2D eigenvalue weighted by atomic mass is 9.97. The van der Waals surface area contributed by atoms with Crippen molar-refractivity contribution in [2.45, 2.75) is 44.3 Å². The van der Waals surface area contributed by atoms with Gasteiger partial charge in [-0.3, -0.25) is 9.59 Å². The molecule has 224 valence electrons. The molecule has 2 N–H and O–H groups in total. The highest BCUT2D eigenvalue weighted by molar-refractivity contribution is 6.11. The number of fused-ring (bicyclic) bond motifs is 1. The highest BCUT2D eigenvalue weighted by atomic mass is 19.4. The van der Waals surface area contributed by atoms with E-state index in [1.807, 2.05) is 14.0 Å². The topological polar surface area (TPSA) is 108 Å². The van der Waals surface area contributed by atoms with E-state index in [1.54, 1.807) is 24.3 Å². The Bertz CT molecular complexity index is 1670. The van der Waals surface area contributed by atoms with Gasteiger partial charge in [0, 0.05) is 30.2 Å². The molecule has 1 aliphatic carbocycles. The zero-order valence-corrected chi connectivity index (χ0v) is 23.8. The summed E-state index contributed by atoms with van der Waals surface area (Å²) in [5, 5.41) is 14.5. The van der Waals surface area contributed by atoms with Crippen LogP contribution in [0.15, 0.2) is 59.0 Å². The van der Waals surface area contributed by atoms with Crippen LogP contribution in [-0.4, -0.2) is 43.0 Å². The van der Waals surface area contributed by atoms with Crippen molar-refractivity contribution >= 4 is 23.3 Å². The maximum Gasteiger partial charge on any atom is 0.389 e. The van der Waals surface area contributed by atoms with E-state index in [-0.39, 0.29) is 33.7 Å². The van der Waals surface area contributed by atoms with E-state index in [0.29, 0.717) is 34.5 Å². The number of hydrogen-bond acceptors (Lipinski definition) is 6. The van der Waals surface area contributed by atoms with Crippen LogP contribution in [0, 0.1) is 23.1 Å². The Labute approximate surface area is 245 Å². The van der Waals surface area contributed by atoms with Crippen molar-refractivity contribution in [1.82, 2.24) is 15.6 Å². The molecule has 1 aliphatic rings. The van der Waals surface area contributed by atoms with Gasteiger partial charge in [-0.1, -0.05) is 18.2 Å². The largest absolute Gasteiger partial charge is 0.437 e. The Morgan fingerprint density at radius 3 is 2.35 bits per heavy atom. The van der Waals surface area contributed by atoms with E-state index in [9.17, 15) is 27.2 Å². The fraction of sp³-hybridized carbons (Fsp3) is 0.312. The summed E-state index contributed by atoms with van der Waals surface area (Å²) < 4.78 is 58.3. The summed E-state index contributed by atoms with van der Waals surface area (Å²) in [5.41, 5.74) is 1.51. The molecular weight excluding hydrogens is 564 g/mol. The normalized spacial score (nSPS) is 14.3. The quantitative estimate of drug-likeness (QED) is 0.170. The van der Waals surface area contributed by atoms with Crippen molar-refractivity contribution in [3.8, 4) is 28.5 Å². The second kappa shape index (κ2) is 12.8. The lowest BCUT2D eigenvalue weighted by Gasteiger charge is -2.18. The second-order valence-electron chi connectivity index (χ2n) is 10.4. The molecule has 2 heterocycles. The minimum atomic E-state index is -4.41. The predicted octanol–water partition coefficient (Wildman–Crippen LogP) is 6.87. The van der Waals surface area contributed by atoms with E-state index in [2.05, 4.69) is 21.7 Å². The molecule has 1 amide bonds. The molecule has 5 rings (SSSR count). The third-order valence-electron chi connectivity index (χ3n) is 7.45. The van der Waals surface area contributed by atoms with Crippen molar-refractivity contribution in [2.75, 3.05) is 14.1 Å². The van der Waals surface area contributed by atoms with Crippen LogP contribution < -0.4 is 10.6 Å². The second-order valence-corrected chi connectivity index (χ2v) is 10.4. The summed E-state index contributed by atoms with van der Waals surface area (Å²) in [6.45, 7) is 1.96. The first-order chi connectivity index (χ1) is 20.4. The van der Waals surface area contributed by atoms with Crippen LogP contribution in [0.1, 0.15) is 52.6 Å². The number of carbonyl (C=O) groups is 2. The number of pyridine rings is 1. The molecule has 0 aliphatic heterocycles. The molecule has 1 saturated carbocycles. The molecule has 0 saturated heterocycles.